The summed E-state index contributed by atoms with van der Waals surface area (Å²) < 4.78 is 14.7. The Morgan fingerprint density at radius 1 is 1.03 bits per heavy atom. The van der Waals surface area contributed by atoms with Crippen LogP contribution in [-0.2, 0) is 33.4 Å². The van der Waals surface area contributed by atoms with Gasteiger partial charge in [0.15, 0.2) is 5.78 Å². The number of carbonyl (C=O) groups excluding carboxylic acids is 4. The first-order valence-corrected chi connectivity index (χ1v) is 10.5. The summed E-state index contributed by atoms with van der Waals surface area (Å²) in [7, 11) is 0. The third kappa shape index (κ3) is 13.4. The van der Waals surface area contributed by atoms with Crippen molar-refractivity contribution in [2.45, 2.75) is 98.6 Å². The van der Waals surface area contributed by atoms with Crippen LogP contribution in [0.1, 0.15) is 74.1 Å². The molecule has 0 saturated carbocycles. The van der Waals surface area contributed by atoms with E-state index >= 15 is 0 Å². The lowest BCUT2D eigenvalue weighted by Crippen LogP contribution is -2.36. The van der Waals surface area contributed by atoms with E-state index in [1.807, 2.05) is 20.8 Å². The van der Waals surface area contributed by atoms with E-state index in [0.29, 0.717) is 25.2 Å². The van der Waals surface area contributed by atoms with E-state index in [-0.39, 0.29) is 60.8 Å². The van der Waals surface area contributed by atoms with Crippen molar-refractivity contribution in [1.29, 1.82) is 0 Å². The van der Waals surface area contributed by atoms with Gasteiger partial charge in [-0.05, 0) is 32.6 Å². The highest BCUT2D eigenvalue weighted by Crippen LogP contribution is 2.20. The summed E-state index contributed by atoms with van der Waals surface area (Å²) in [5, 5.41) is 9.01. The van der Waals surface area contributed by atoms with E-state index in [9.17, 15) is 19.2 Å². The number of rotatable bonds is 9. The molecule has 4 unspecified atom stereocenters. The van der Waals surface area contributed by atoms with E-state index in [0.717, 1.165) is 0 Å². The third-order valence-corrected chi connectivity index (χ3v) is 4.39. The number of hydrogen-bond acceptors (Lipinski definition) is 8. The number of esters is 2. The highest BCUT2D eigenvalue weighted by Gasteiger charge is 2.30. The molecule has 2 saturated heterocycles. The van der Waals surface area contributed by atoms with Gasteiger partial charge in [-0.15, -0.1) is 0 Å². The van der Waals surface area contributed by atoms with Crippen LogP contribution in [0.25, 0.3) is 0 Å². The first-order chi connectivity index (χ1) is 13.8. The minimum Gasteiger partial charge on any atom is -0.462 e. The number of cyclic esters (lactones) is 2. The van der Waals surface area contributed by atoms with Gasteiger partial charge in [0.05, 0.1) is 25.0 Å². The number of hydrogen-bond donors (Lipinski definition) is 1. The Bertz CT molecular complexity index is 551. The summed E-state index contributed by atoms with van der Waals surface area (Å²) in [5.41, 5.74) is 0. The molecule has 0 spiro atoms. The van der Waals surface area contributed by atoms with Crippen LogP contribution in [0.5, 0.6) is 0 Å². The molecule has 30 heavy (non-hydrogen) atoms. The minimum absolute atomic E-state index is 0.0268. The normalized spacial score (nSPS) is 21.5. The van der Waals surface area contributed by atoms with E-state index in [1.165, 1.54) is 6.92 Å². The first-order valence-electron chi connectivity index (χ1n) is 10.5. The summed E-state index contributed by atoms with van der Waals surface area (Å²) in [6, 6.07) is 0. The van der Waals surface area contributed by atoms with Gasteiger partial charge in [0.25, 0.3) is 0 Å². The van der Waals surface area contributed by atoms with Crippen LogP contribution in [0.4, 0.5) is 0 Å². The molecule has 8 heteroatoms. The van der Waals surface area contributed by atoms with Gasteiger partial charge in [0.1, 0.15) is 24.6 Å². The molecule has 8 nitrogen and oxygen atoms in total. The Labute approximate surface area is 179 Å². The van der Waals surface area contributed by atoms with Crippen LogP contribution >= 0.6 is 0 Å². The second kappa shape index (κ2) is 14.2. The predicted molar refractivity (Wildman–Crippen MR) is 111 cm³/mol. The van der Waals surface area contributed by atoms with E-state index in [4.69, 9.17) is 14.6 Å². The fourth-order valence-corrected chi connectivity index (χ4v) is 2.50. The SMILES string of the molecule is CC(=O)CC(OCC(=O)CC(C)O)C(C)C.CC(C)C1CC(=O)O1.CC1CC(=O)O1. The molecule has 2 fully saturated rings. The van der Waals surface area contributed by atoms with Gasteiger partial charge in [-0.3, -0.25) is 19.2 Å². The average Bonchev–Trinajstić information content (AvgIpc) is 2.54. The standard InChI is InChI=1S/C12H22O4.C6H10O2.C4H6O2/c1-8(2)12(6-10(4)14)16-7-11(15)5-9(3)13;1-4(2)5-3-6(7)8-5;1-3-2-4(5)6-3/h8-9,12-13H,5-7H2,1-4H3;4-5H,3H2,1-2H3;3H,2H2,1H3. The number of ether oxygens (including phenoxy) is 3. The average molecular weight is 431 g/mol. The van der Waals surface area contributed by atoms with Crippen molar-refractivity contribution in [3.8, 4) is 0 Å². The van der Waals surface area contributed by atoms with Gasteiger partial charge in [0.2, 0.25) is 0 Å². The zero-order chi connectivity index (χ0) is 23.4. The Morgan fingerprint density at radius 2 is 1.53 bits per heavy atom. The molecule has 1 N–H and O–H groups in total. The number of aliphatic hydroxyl groups excluding tert-OH is 1. The molecule has 174 valence electrons. The van der Waals surface area contributed by atoms with E-state index in [2.05, 4.69) is 18.6 Å². The molecule has 0 aromatic carbocycles. The predicted octanol–water partition coefficient (Wildman–Crippen LogP) is 2.63. The fraction of sp³-hybridized carbons (Fsp3) is 0.818. The van der Waals surface area contributed by atoms with Gasteiger partial charge in [-0.25, -0.2) is 0 Å². The lowest BCUT2D eigenvalue weighted by atomic mass is 10.0. The van der Waals surface area contributed by atoms with Crippen molar-refractivity contribution in [1.82, 2.24) is 0 Å². The lowest BCUT2D eigenvalue weighted by Gasteiger charge is -2.28. The second-order valence-corrected chi connectivity index (χ2v) is 8.57. The lowest BCUT2D eigenvalue weighted by molar-refractivity contribution is -0.173. The quantitative estimate of drug-likeness (QED) is 0.555. The summed E-state index contributed by atoms with van der Waals surface area (Å²) >= 11 is 0. The van der Waals surface area contributed by atoms with Gasteiger partial charge < -0.3 is 19.3 Å². The number of aliphatic hydroxyl groups is 1. The largest absolute Gasteiger partial charge is 0.462 e. The topological polar surface area (TPSA) is 116 Å². The van der Waals surface area contributed by atoms with Crippen LogP contribution in [0.2, 0.25) is 0 Å². The monoisotopic (exact) mass is 430 g/mol. The van der Waals surface area contributed by atoms with Gasteiger partial charge >= 0.3 is 11.9 Å². The highest BCUT2D eigenvalue weighted by molar-refractivity contribution is 5.80. The van der Waals surface area contributed by atoms with Gasteiger partial charge in [-0.2, -0.15) is 0 Å². The molecule has 0 aromatic heterocycles. The molecule has 0 bridgehead atoms. The Hall–Kier alpha value is -1.80. The molecule has 2 aliphatic rings. The minimum atomic E-state index is -0.638. The Kier molecular flexibility index (Phi) is 13.4. The second-order valence-electron chi connectivity index (χ2n) is 8.57. The van der Waals surface area contributed by atoms with Gasteiger partial charge in [0, 0.05) is 12.8 Å². The molecule has 2 rings (SSSR count). The maximum Gasteiger partial charge on any atom is 0.309 e. The van der Waals surface area contributed by atoms with Crippen LogP contribution in [-0.4, -0.2) is 59.6 Å². The maximum atomic E-state index is 11.3. The zero-order valence-corrected chi connectivity index (χ0v) is 19.3. The summed E-state index contributed by atoms with van der Waals surface area (Å²) in [6.45, 7) is 12.9. The molecule has 4 atom stereocenters. The highest BCUT2D eigenvalue weighted by atomic mass is 16.6. The first kappa shape index (κ1) is 28.2. The molecule has 0 aromatic rings. The van der Waals surface area contributed by atoms with E-state index < -0.39 is 6.10 Å². The summed E-state index contributed by atoms with van der Waals surface area (Å²) in [4.78, 5) is 42.4. The number of Topliss-reactive ketones (excluding diaryl/α,β-unsaturated/α-hetero) is 2. The number of carbonyl (C=O) groups is 4. The fourth-order valence-electron chi connectivity index (χ4n) is 2.50. The molecular weight excluding hydrogens is 392 g/mol. The Morgan fingerprint density at radius 3 is 1.77 bits per heavy atom. The van der Waals surface area contributed by atoms with Crippen LogP contribution in [0, 0.1) is 11.8 Å². The number of ketones is 2. The molecule has 0 radical (unpaired) electrons. The molecule has 0 amide bonds. The molecule has 0 aliphatic carbocycles. The summed E-state index contributed by atoms with van der Waals surface area (Å²) in [6.07, 6.45) is 1.22. The zero-order valence-electron chi connectivity index (χ0n) is 19.3. The van der Waals surface area contributed by atoms with Crippen molar-refractivity contribution >= 4 is 23.5 Å². The van der Waals surface area contributed by atoms with Crippen LogP contribution in [0.3, 0.4) is 0 Å². The van der Waals surface area contributed by atoms with Gasteiger partial charge in [-0.1, -0.05) is 27.7 Å². The van der Waals surface area contributed by atoms with Crippen LogP contribution < -0.4 is 0 Å². The van der Waals surface area contributed by atoms with E-state index in [1.54, 1.807) is 6.92 Å². The molecule has 2 heterocycles. The third-order valence-electron chi connectivity index (χ3n) is 4.39. The Balaban J connectivity index is 0.000000489. The summed E-state index contributed by atoms with van der Waals surface area (Å²) in [5.74, 6) is 0.494. The smallest absolute Gasteiger partial charge is 0.309 e. The molecular formula is C22H38O8. The van der Waals surface area contributed by atoms with Crippen LogP contribution in [0.15, 0.2) is 0 Å². The van der Waals surface area contributed by atoms with Crippen molar-refractivity contribution in [3.63, 3.8) is 0 Å². The molecule has 2 aliphatic heterocycles. The maximum absolute atomic E-state index is 11.3. The van der Waals surface area contributed by atoms with Crippen molar-refractivity contribution in [2.75, 3.05) is 6.61 Å². The van der Waals surface area contributed by atoms with Crippen molar-refractivity contribution in [3.05, 3.63) is 0 Å². The van der Waals surface area contributed by atoms with Crippen molar-refractivity contribution < 1.29 is 38.5 Å². The van der Waals surface area contributed by atoms with Crippen molar-refractivity contribution in [2.24, 2.45) is 11.8 Å².